The molecule has 1 aliphatic heterocycles. The Morgan fingerprint density at radius 1 is 1.02 bits per heavy atom. The predicted octanol–water partition coefficient (Wildman–Crippen LogP) is 7.89. The summed E-state index contributed by atoms with van der Waals surface area (Å²) in [6.45, 7) is 9.86. The van der Waals surface area contributed by atoms with Crippen molar-refractivity contribution in [1.82, 2.24) is 0 Å². The molecule has 7 nitrogen and oxygen atoms in total. The van der Waals surface area contributed by atoms with E-state index in [1.165, 1.54) is 22.8 Å². The summed E-state index contributed by atoms with van der Waals surface area (Å²) in [5.74, 6) is -0.319. The molecule has 3 aromatic rings. The highest BCUT2D eigenvalue weighted by Crippen LogP contribution is 2.57. The molecule has 43 heavy (non-hydrogen) atoms. The smallest absolute Gasteiger partial charge is 0.294 e. The first-order chi connectivity index (χ1) is 20.5. The highest BCUT2D eigenvalue weighted by molar-refractivity contribution is 6.22. The molecule has 2 aliphatic carbocycles. The number of carbonyl (C=O) groups excluding carboxylic acids is 2. The molecule has 224 valence electrons. The van der Waals surface area contributed by atoms with Gasteiger partial charge >= 0.3 is 0 Å². The lowest BCUT2D eigenvalue weighted by Crippen LogP contribution is -2.51. The van der Waals surface area contributed by atoms with Gasteiger partial charge in [0.1, 0.15) is 5.69 Å². The van der Waals surface area contributed by atoms with E-state index in [1.54, 1.807) is 12.1 Å². The zero-order valence-corrected chi connectivity index (χ0v) is 25.6. The van der Waals surface area contributed by atoms with Crippen molar-refractivity contribution in [2.75, 3.05) is 16.8 Å². The summed E-state index contributed by atoms with van der Waals surface area (Å²) in [7, 11) is 0. The first-order valence-corrected chi connectivity index (χ1v) is 15.6. The Balaban J connectivity index is 1.24. The fraction of sp³-hybridized carbons (Fsp3) is 0.444. The number of nitrogens with one attached hydrogen (secondary N) is 1. The summed E-state index contributed by atoms with van der Waals surface area (Å²) < 4.78 is 0. The fourth-order valence-corrected chi connectivity index (χ4v) is 8.32. The van der Waals surface area contributed by atoms with Crippen molar-refractivity contribution in [2.45, 2.75) is 83.5 Å². The standard InChI is InChI=1S/C36H41N3O4/c1-23(2)25-11-14-29-26(19-25)12-16-32-35(3,17-8-18-36(29,32)4)22-37-30-15-13-27(20-31(30)39(42)43)38-33(40)21-28(34(38)41)24-9-6-5-7-10-24/h5-7,9-11,13-15,19-20,23,28,32,37H,8,12,16-18,21-22H2,1-4H3. The number of nitrogens with zero attached hydrogens (tertiary/aromatic N) is 2. The molecule has 1 N–H and O–H groups in total. The van der Waals surface area contributed by atoms with E-state index in [9.17, 15) is 19.7 Å². The summed E-state index contributed by atoms with van der Waals surface area (Å²) in [6, 6.07) is 20.9. The Bertz CT molecular complexity index is 1580. The number of rotatable bonds is 7. The van der Waals surface area contributed by atoms with Gasteiger partial charge in [0.15, 0.2) is 0 Å². The molecule has 0 spiro atoms. The average molecular weight is 580 g/mol. The fourth-order valence-electron chi connectivity index (χ4n) is 8.32. The number of benzene rings is 3. The highest BCUT2D eigenvalue weighted by Gasteiger charge is 2.51. The van der Waals surface area contributed by atoms with Gasteiger partial charge in [-0.1, -0.05) is 82.6 Å². The molecule has 0 bridgehead atoms. The lowest BCUT2D eigenvalue weighted by atomic mass is 9.49. The number of amides is 2. The van der Waals surface area contributed by atoms with Crippen LogP contribution in [0.1, 0.15) is 93.9 Å². The number of fused-ring (bicyclic) bond motifs is 3. The molecular formula is C36H41N3O4. The zero-order valence-electron chi connectivity index (χ0n) is 25.6. The molecule has 2 amide bonds. The third kappa shape index (κ3) is 5.02. The maximum absolute atomic E-state index is 13.3. The Morgan fingerprint density at radius 2 is 1.79 bits per heavy atom. The maximum atomic E-state index is 13.3. The van der Waals surface area contributed by atoms with E-state index in [4.69, 9.17) is 0 Å². The second kappa shape index (κ2) is 10.9. The van der Waals surface area contributed by atoms with Crippen LogP contribution >= 0.6 is 0 Å². The Kier molecular flexibility index (Phi) is 7.39. The molecule has 0 radical (unpaired) electrons. The number of nitro groups is 1. The van der Waals surface area contributed by atoms with Gasteiger partial charge in [0.2, 0.25) is 11.8 Å². The van der Waals surface area contributed by atoms with Crippen LogP contribution in [0.3, 0.4) is 0 Å². The van der Waals surface area contributed by atoms with Crippen LogP contribution in [0.5, 0.6) is 0 Å². The van der Waals surface area contributed by atoms with Gasteiger partial charge < -0.3 is 5.32 Å². The topological polar surface area (TPSA) is 92.6 Å². The van der Waals surface area contributed by atoms with Gasteiger partial charge in [-0.25, -0.2) is 4.90 Å². The van der Waals surface area contributed by atoms with Crippen LogP contribution < -0.4 is 10.2 Å². The quantitative estimate of drug-likeness (QED) is 0.175. The Labute approximate surface area is 253 Å². The zero-order chi connectivity index (χ0) is 30.5. The van der Waals surface area contributed by atoms with Gasteiger partial charge in [0.05, 0.1) is 16.5 Å². The molecule has 1 saturated carbocycles. The molecule has 3 aromatic carbocycles. The second-order valence-electron chi connectivity index (χ2n) is 13.6. The van der Waals surface area contributed by atoms with Gasteiger partial charge in [-0.3, -0.25) is 19.7 Å². The number of carbonyl (C=O) groups is 2. The van der Waals surface area contributed by atoms with Crippen molar-refractivity contribution in [2.24, 2.45) is 11.3 Å². The number of hydrogen-bond donors (Lipinski definition) is 1. The minimum Gasteiger partial charge on any atom is -0.379 e. The highest BCUT2D eigenvalue weighted by atomic mass is 16.6. The van der Waals surface area contributed by atoms with Gasteiger partial charge in [-0.15, -0.1) is 0 Å². The first kappa shape index (κ1) is 29.1. The summed E-state index contributed by atoms with van der Waals surface area (Å²) in [5, 5.41) is 15.7. The molecule has 4 atom stereocenters. The second-order valence-corrected chi connectivity index (χ2v) is 13.6. The summed E-state index contributed by atoms with van der Waals surface area (Å²) >= 11 is 0. The third-order valence-corrected chi connectivity index (χ3v) is 10.6. The lowest BCUT2D eigenvalue weighted by molar-refractivity contribution is -0.383. The average Bonchev–Trinajstić information content (AvgIpc) is 3.29. The van der Waals surface area contributed by atoms with Crippen LogP contribution in [0.25, 0.3) is 0 Å². The van der Waals surface area contributed by atoms with E-state index in [-0.39, 0.29) is 40.4 Å². The van der Waals surface area contributed by atoms with Crippen LogP contribution in [0.15, 0.2) is 66.7 Å². The van der Waals surface area contributed by atoms with Gasteiger partial charge in [0.25, 0.3) is 5.69 Å². The molecule has 2 fully saturated rings. The molecule has 1 heterocycles. The molecule has 1 saturated heterocycles. The van der Waals surface area contributed by atoms with Crippen molar-refractivity contribution in [1.29, 1.82) is 0 Å². The minimum absolute atomic E-state index is 0.0439. The van der Waals surface area contributed by atoms with Crippen molar-refractivity contribution < 1.29 is 14.5 Å². The van der Waals surface area contributed by atoms with Gasteiger partial charge in [0, 0.05) is 19.0 Å². The third-order valence-electron chi connectivity index (χ3n) is 10.6. The van der Waals surface area contributed by atoms with E-state index in [2.05, 4.69) is 51.2 Å². The largest absolute Gasteiger partial charge is 0.379 e. The van der Waals surface area contributed by atoms with E-state index in [0.717, 1.165) is 42.6 Å². The molecule has 7 heteroatoms. The minimum atomic E-state index is -0.580. The predicted molar refractivity (Wildman–Crippen MR) is 170 cm³/mol. The number of anilines is 2. The van der Waals surface area contributed by atoms with Crippen LogP contribution in [0.4, 0.5) is 17.1 Å². The molecule has 4 unspecified atom stereocenters. The monoisotopic (exact) mass is 579 g/mol. The van der Waals surface area contributed by atoms with E-state index >= 15 is 0 Å². The molecule has 3 aliphatic rings. The van der Waals surface area contributed by atoms with Crippen molar-refractivity contribution >= 4 is 28.9 Å². The van der Waals surface area contributed by atoms with Gasteiger partial charge in [-0.05, 0) is 82.7 Å². The van der Waals surface area contributed by atoms with Crippen LogP contribution in [-0.4, -0.2) is 23.3 Å². The van der Waals surface area contributed by atoms with Crippen molar-refractivity contribution in [3.8, 4) is 0 Å². The molecule has 0 aromatic heterocycles. The number of aryl methyl sites for hydroxylation is 1. The first-order valence-electron chi connectivity index (χ1n) is 15.6. The SMILES string of the molecule is CC(C)c1ccc2c(c1)CCC1C(C)(CNc3ccc(N4C(=O)CC(c5ccccc5)C4=O)cc3[N+](=O)[O-])CCCC21C. The molecular weight excluding hydrogens is 538 g/mol. The van der Waals surface area contributed by atoms with E-state index in [1.807, 2.05) is 30.3 Å². The lowest BCUT2D eigenvalue weighted by Gasteiger charge is -2.55. The Hall–Kier alpha value is -4.00. The number of imide groups is 1. The van der Waals surface area contributed by atoms with Crippen molar-refractivity contribution in [3.05, 3.63) is 99.1 Å². The van der Waals surface area contributed by atoms with E-state index in [0.29, 0.717) is 24.1 Å². The maximum Gasteiger partial charge on any atom is 0.294 e. The normalized spacial score (nSPS) is 26.8. The molecule has 6 rings (SSSR count). The summed E-state index contributed by atoms with van der Waals surface area (Å²) in [5.41, 5.74) is 5.68. The Morgan fingerprint density at radius 3 is 2.51 bits per heavy atom. The summed E-state index contributed by atoms with van der Waals surface area (Å²) in [4.78, 5) is 39.1. The number of hydrogen-bond acceptors (Lipinski definition) is 5. The van der Waals surface area contributed by atoms with Crippen LogP contribution in [0, 0.1) is 21.4 Å². The van der Waals surface area contributed by atoms with Crippen molar-refractivity contribution in [3.63, 3.8) is 0 Å². The number of nitro benzene ring substituents is 1. The van der Waals surface area contributed by atoms with E-state index < -0.39 is 10.8 Å². The summed E-state index contributed by atoms with van der Waals surface area (Å²) in [6.07, 6.45) is 5.53. The van der Waals surface area contributed by atoms with Gasteiger partial charge in [-0.2, -0.15) is 0 Å². The van der Waals surface area contributed by atoms with Crippen LogP contribution in [0.2, 0.25) is 0 Å². The van der Waals surface area contributed by atoms with Crippen LogP contribution in [-0.2, 0) is 21.4 Å².